The molecule has 0 aliphatic carbocycles. The SMILES string of the molecule is CO[C@H]1C=CO[C@@]2(C)Oc3c(C)c(O)c4c(O)c(c5c(c4c3C2=O)=NC2(CC[N+](Cc3ccc(NC(=O)[C@H](CCCNC(N)=O)NC(=O)[C@@H](NC(=O)CCCCCN4C(=O)C=CC4=O)C(C)C)cc3)(CC(C)C)CC2)N=5)NC(=O)/C(C)=C\C=C[C@H](C)[C@H](O)[C@@H](C)[C@@H](O)[C@@H](C)[C@H](OC(C)=O)[C@@H]1C. The molecule has 0 aromatic heterocycles. The number of phenols is 2. The van der Waals surface area contributed by atoms with Gasteiger partial charge in [0.1, 0.15) is 47.3 Å². The number of piperidine rings is 1. The molecule has 3 aromatic rings. The number of aliphatic hydroxyl groups excluding tert-OH is 2. The summed E-state index contributed by atoms with van der Waals surface area (Å²) in [6.07, 6.45) is 8.69. The van der Waals surface area contributed by atoms with E-state index in [4.69, 9.17) is 34.7 Å². The van der Waals surface area contributed by atoms with Crippen molar-refractivity contribution < 1.29 is 87.0 Å². The van der Waals surface area contributed by atoms with Crippen LogP contribution in [0.5, 0.6) is 17.2 Å². The molecule has 1 spiro atoms. The average Bonchev–Trinajstić information content (AvgIpc) is 1.56. The van der Waals surface area contributed by atoms with E-state index in [1.165, 1.54) is 58.4 Å². The number of carbonyl (C=O) groups excluding carboxylic acids is 9. The number of aromatic hydroxyl groups is 2. The van der Waals surface area contributed by atoms with E-state index in [1.807, 2.05) is 12.1 Å². The van der Waals surface area contributed by atoms with E-state index in [0.717, 1.165) is 17.0 Å². The number of aliphatic hydroxyl groups is 2. The van der Waals surface area contributed by atoms with Crippen molar-refractivity contribution in [3.05, 3.63) is 100.0 Å². The highest BCUT2D eigenvalue weighted by atomic mass is 16.7. The fraction of sp³-hybridized carbons (Fsp3) is 0.554. The van der Waals surface area contributed by atoms with E-state index in [2.05, 4.69) is 40.4 Å². The van der Waals surface area contributed by atoms with E-state index in [1.54, 1.807) is 72.8 Å². The van der Waals surface area contributed by atoms with Gasteiger partial charge in [-0.05, 0) is 63.7 Å². The van der Waals surface area contributed by atoms with Crippen LogP contribution in [0.2, 0.25) is 0 Å². The molecular weight excluding hydrogens is 1300 g/mol. The normalized spacial score (nSPS) is 27.1. The number of ether oxygens (including phenoxy) is 4. The zero-order chi connectivity index (χ0) is 74.2. The molecule has 8 amide bonds. The van der Waals surface area contributed by atoms with Gasteiger partial charge < -0.3 is 76.2 Å². The Hall–Kier alpha value is -9.05. The Morgan fingerprint density at radius 3 is 2.12 bits per heavy atom. The number of imide groups is 1. The lowest BCUT2D eigenvalue weighted by Gasteiger charge is -2.46. The Balaban J connectivity index is 1.06. The molecule has 0 radical (unpaired) electrons. The summed E-state index contributed by atoms with van der Waals surface area (Å²) in [6.45, 7) is 23.2. The number of esters is 1. The maximum absolute atomic E-state index is 15.2. The number of allylic oxidation sites excluding steroid dienone is 2. The second-order valence-corrected chi connectivity index (χ2v) is 28.7. The van der Waals surface area contributed by atoms with E-state index in [9.17, 15) is 58.8 Å². The number of fused-ring (bicyclic) bond motifs is 1. The number of benzene rings is 3. The van der Waals surface area contributed by atoms with Crippen LogP contribution in [0.1, 0.15) is 149 Å². The van der Waals surface area contributed by atoms with Crippen LogP contribution in [0.3, 0.4) is 0 Å². The van der Waals surface area contributed by atoms with Gasteiger partial charge in [-0.15, -0.1) is 0 Å². The highest BCUT2D eigenvalue weighted by molar-refractivity contribution is 6.20. The first kappa shape index (κ1) is 77.7. The van der Waals surface area contributed by atoms with Crippen LogP contribution in [0.15, 0.2) is 82.5 Å². The number of nitrogens with zero attached hydrogens (tertiary/aromatic N) is 4. The zero-order valence-electron chi connectivity index (χ0n) is 60.1. The van der Waals surface area contributed by atoms with Crippen LogP contribution in [0, 0.1) is 42.4 Å². The smallest absolute Gasteiger partial charge is 0.312 e. The molecule has 27 nitrogen and oxygen atoms in total. The van der Waals surface area contributed by atoms with Crippen molar-refractivity contribution in [2.75, 3.05) is 50.5 Å². The van der Waals surface area contributed by atoms with Crippen LogP contribution in [0.4, 0.5) is 16.2 Å². The number of amides is 8. The number of primary amides is 1. The highest BCUT2D eigenvalue weighted by Crippen LogP contribution is 2.50. The van der Waals surface area contributed by atoms with Crippen molar-refractivity contribution in [2.24, 2.45) is 51.2 Å². The lowest BCUT2D eigenvalue weighted by molar-refractivity contribution is -0.948. The Morgan fingerprint density at radius 2 is 1.50 bits per heavy atom. The first-order valence-corrected chi connectivity index (χ1v) is 34.9. The Bertz CT molecular complexity index is 3910. The average molecular weight is 1400 g/mol. The van der Waals surface area contributed by atoms with Gasteiger partial charge >= 0.3 is 17.8 Å². The maximum Gasteiger partial charge on any atom is 0.312 e. The number of unbranched alkanes of at least 4 members (excludes halogenated alkanes) is 2. The third-order valence-electron chi connectivity index (χ3n) is 20.1. The Labute approximate surface area is 588 Å². The molecule has 4 bridgehead atoms. The van der Waals surface area contributed by atoms with Gasteiger partial charge in [0.2, 0.25) is 17.7 Å². The van der Waals surface area contributed by atoms with Gasteiger partial charge in [0, 0.05) is 123 Å². The van der Waals surface area contributed by atoms with Gasteiger partial charge in [0.25, 0.3) is 23.5 Å². The summed E-state index contributed by atoms with van der Waals surface area (Å²) in [4.78, 5) is 131. The summed E-state index contributed by atoms with van der Waals surface area (Å²) >= 11 is 0. The van der Waals surface area contributed by atoms with Crippen molar-refractivity contribution in [1.82, 2.24) is 20.9 Å². The molecule has 0 saturated carbocycles. The third kappa shape index (κ3) is 17.8. The quantitative estimate of drug-likeness (QED) is 0.0182. The third-order valence-corrected chi connectivity index (χ3v) is 20.1. The summed E-state index contributed by atoms with van der Waals surface area (Å²) in [6, 6.07) is 4.55. The monoisotopic (exact) mass is 1400 g/mol. The number of likely N-dealkylation sites (tertiary alicyclic amines) is 1. The lowest BCUT2D eigenvalue weighted by atomic mass is 9.78. The topological polar surface area (TPSA) is 386 Å². The van der Waals surface area contributed by atoms with Crippen molar-refractivity contribution in [1.29, 1.82) is 0 Å². The molecule has 11 atom stereocenters. The maximum atomic E-state index is 15.2. The number of nitrogens with two attached hydrogens (primary N) is 1. The van der Waals surface area contributed by atoms with Gasteiger partial charge in [-0.1, -0.05) is 92.2 Å². The fourth-order valence-electron chi connectivity index (χ4n) is 14.4. The number of quaternary nitrogens is 1. The number of methoxy groups -OCH3 is 1. The predicted molar refractivity (Wildman–Crippen MR) is 375 cm³/mol. The number of urea groups is 1. The molecular formula is C74H101N10O17+. The molecule has 5 aliphatic rings. The molecule has 0 unspecified atom stereocenters. The van der Waals surface area contributed by atoms with Crippen molar-refractivity contribution in [2.45, 2.75) is 189 Å². The number of nitrogens with one attached hydrogen (secondary N) is 5. The Kier molecular flexibility index (Phi) is 25.2. The van der Waals surface area contributed by atoms with E-state index < -0.39 is 119 Å². The first-order chi connectivity index (χ1) is 47.6. The molecule has 101 heavy (non-hydrogen) atoms. The number of hydrogen-bond donors (Lipinski definition) is 10. The van der Waals surface area contributed by atoms with Crippen LogP contribution in [-0.4, -0.2) is 171 Å². The number of ketones is 1. The van der Waals surface area contributed by atoms with Gasteiger partial charge in [-0.25, -0.2) is 4.79 Å². The summed E-state index contributed by atoms with van der Waals surface area (Å²) in [5.41, 5.74) is 5.58. The summed E-state index contributed by atoms with van der Waals surface area (Å²) < 4.78 is 24.9. The van der Waals surface area contributed by atoms with Gasteiger partial charge in [-0.3, -0.25) is 53.2 Å². The number of phenolic OH excluding ortho intramolecular Hbond substituents is 2. The van der Waals surface area contributed by atoms with Crippen LogP contribution in [-0.2, 0) is 54.3 Å². The summed E-state index contributed by atoms with van der Waals surface area (Å²) in [5.74, 6) is -10.1. The number of hydrogen-bond acceptors (Lipinski definition) is 19. The van der Waals surface area contributed by atoms with E-state index in [0.29, 0.717) is 61.9 Å². The number of anilines is 2. The molecule has 5 aliphatic heterocycles. The highest BCUT2D eigenvalue weighted by Gasteiger charge is 2.51. The van der Waals surface area contributed by atoms with Crippen molar-refractivity contribution in [3.8, 4) is 17.2 Å². The minimum absolute atomic E-state index is 0.0314. The summed E-state index contributed by atoms with van der Waals surface area (Å²) in [7, 11) is 1.44. The zero-order valence-corrected chi connectivity index (χ0v) is 60.1. The number of rotatable bonds is 22. The fourth-order valence-corrected chi connectivity index (χ4v) is 14.4. The second kappa shape index (κ2) is 32.7. The standard InChI is InChI=1S/C74H100N10O17/c1-39(2)37-84(38-48-23-25-49(26-24-48)77-70(95)50(21-18-32-76-72(75)97)78-71(96)58(40(3)4)79-52(86)22-15-14-16-33-83-53(87)27-28-54(83)88)34-30-74(31-35-84)81-59-55-56-64(91)46(10)67-57(55)68(93)73(12,101-67)99-36-29-51(98-13)43(7)66(100-47(11)85)45(9)63(90)44(8)62(89)41(5)19-17-20-42(6)69(94)80-61(65(56)92)60(59)82-74/h17,19-20,23-29,36,39-41,43-45,50-51,58,62-63,66,89-90H,14-16,18,21-22,30-35,37-38H2,1-13H3,(H8-,75,76,77,78,79,80,81,82,86,87,88,91,92,93,94,95,96,97)/p+1/b19-17?,36-29?,42-20-/t41-,43+,44+,45+,50-,51-,58-,62-,63+,66+,73-,74?,84?/m0/s1. The van der Waals surface area contributed by atoms with Gasteiger partial charge in [0.05, 0.1) is 60.5 Å². The van der Waals surface area contributed by atoms with Crippen LogP contribution in [0.25, 0.3) is 10.8 Å². The van der Waals surface area contributed by atoms with Gasteiger partial charge in [-0.2, -0.15) is 0 Å². The van der Waals surface area contributed by atoms with Crippen LogP contribution < -0.4 is 47.8 Å². The minimum Gasteiger partial charge on any atom is -0.507 e. The molecule has 1 saturated heterocycles. The molecule has 5 heterocycles. The van der Waals surface area contributed by atoms with Gasteiger partial charge in [0.15, 0.2) is 11.4 Å². The van der Waals surface area contributed by atoms with E-state index >= 15 is 4.79 Å². The summed E-state index contributed by atoms with van der Waals surface area (Å²) in [5, 5.41) is 62.1. The van der Waals surface area contributed by atoms with Crippen LogP contribution >= 0.6 is 0 Å². The van der Waals surface area contributed by atoms with Crippen molar-refractivity contribution >= 4 is 75.4 Å². The largest absolute Gasteiger partial charge is 0.507 e. The Morgan fingerprint density at radius 1 is 0.832 bits per heavy atom. The molecule has 11 N–H and O–H groups in total. The van der Waals surface area contributed by atoms with Crippen molar-refractivity contribution in [3.63, 3.8) is 0 Å². The molecule has 1 fully saturated rings. The number of carbonyl (C=O) groups is 9. The molecule has 548 valence electrons. The molecule has 27 heteroatoms. The van der Waals surface area contributed by atoms with E-state index in [-0.39, 0.29) is 112 Å². The number of Topliss-reactive ketones (excluding diaryl/α,β-unsaturated/α-hetero) is 1. The second-order valence-electron chi connectivity index (χ2n) is 28.7. The molecule has 3 aromatic carbocycles. The lowest BCUT2D eigenvalue weighted by Crippen LogP contribution is -2.57. The predicted octanol–water partition coefficient (Wildman–Crippen LogP) is 5.96. The first-order valence-electron chi connectivity index (χ1n) is 34.9. The molecule has 8 rings (SSSR count). The minimum atomic E-state index is -2.07.